The van der Waals surface area contributed by atoms with Gasteiger partial charge in [-0.1, -0.05) is 11.6 Å². The van der Waals surface area contributed by atoms with Crippen LogP contribution in [0.1, 0.15) is 6.42 Å². The molecule has 16 heavy (non-hydrogen) atoms. The molecule has 0 fully saturated rings. The summed E-state index contributed by atoms with van der Waals surface area (Å²) < 4.78 is 1.89. The first-order chi connectivity index (χ1) is 7.84. The number of aromatic nitrogens is 4. The van der Waals surface area contributed by atoms with Crippen LogP contribution in [0.3, 0.4) is 0 Å². The van der Waals surface area contributed by atoms with Crippen LogP contribution in [0.2, 0.25) is 5.15 Å². The number of nitrogens with zero attached hydrogens (tertiary/aromatic N) is 4. The minimum atomic E-state index is 0.400. The molecule has 0 amide bonds. The van der Waals surface area contributed by atoms with Gasteiger partial charge in [-0.15, -0.1) is 0 Å². The monoisotopic (exact) mass is 237 g/mol. The number of hydrogen-bond donors (Lipinski definition) is 1. The highest BCUT2D eigenvalue weighted by Gasteiger charge is 1.95. The number of rotatable bonds is 5. The summed E-state index contributed by atoms with van der Waals surface area (Å²) >= 11 is 5.71. The van der Waals surface area contributed by atoms with E-state index < -0.39 is 0 Å². The molecule has 0 atom stereocenters. The first-order valence-corrected chi connectivity index (χ1v) is 5.41. The molecule has 5 nitrogen and oxygen atoms in total. The number of halogens is 1. The van der Waals surface area contributed by atoms with E-state index in [-0.39, 0.29) is 0 Å². The van der Waals surface area contributed by atoms with Crippen LogP contribution in [0.15, 0.2) is 30.9 Å². The summed E-state index contributed by atoms with van der Waals surface area (Å²) in [5.74, 6) is 0.702. The van der Waals surface area contributed by atoms with Gasteiger partial charge in [0.1, 0.15) is 11.0 Å². The molecule has 0 spiro atoms. The predicted octanol–water partition coefficient (Wildman–Crippen LogP) is 1.83. The summed E-state index contributed by atoms with van der Waals surface area (Å²) in [4.78, 5) is 8.02. The maximum atomic E-state index is 5.71. The van der Waals surface area contributed by atoms with Crippen molar-refractivity contribution in [2.24, 2.45) is 0 Å². The van der Waals surface area contributed by atoms with Crippen LogP contribution in [0.25, 0.3) is 0 Å². The van der Waals surface area contributed by atoms with Gasteiger partial charge in [0.05, 0.1) is 12.4 Å². The van der Waals surface area contributed by atoms with Crippen LogP contribution < -0.4 is 5.32 Å². The summed E-state index contributed by atoms with van der Waals surface area (Å²) in [6, 6.07) is 1.91. The zero-order valence-corrected chi connectivity index (χ0v) is 9.43. The quantitative estimate of drug-likeness (QED) is 0.807. The Kier molecular flexibility index (Phi) is 3.71. The minimum Gasteiger partial charge on any atom is -0.369 e. The topological polar surface area (TPSA) is 55.6 Å². The van der Waals surface area contributed by atoms with E-state index >= 15 is 0 Å². The van der Waals surface area contributed by atoms with Gasteiger partial charge < -0.3 is 5.32 Å². The van der Waals surface area contributed by atoms with Gasteiger partial charge in [-0.25, -0.2) is 4.98 Å². The molecule has 2 rings (SSSR count). The second kappa shape index (κ2) is 5.46. The second-order valence-corrected chi connectivity index (χ2v) is 3.66. The van der Waals surface area contributed by atoms with E-state index in [1.165, 1.54) is 6.20 Å². The molecule has 2 aromatic heterocycles. The highest BCUT2D eigenvalue weighted by atomic mass is 35.5. The van der Waals surface area contributed by atoms with E-state index in [9.17, 15) is 0 Å². The van der Waals surface area contributed by atoms with Gasteiger partial charge in [-0.05, 0) is 12.5 Å². The lowest BCUT2D eigenvalue weighted by Crippen LogP contribution is -2.08. The normalized spacial score (nSPS) is 10.3. The number of anilines is 1. The molecule has 1 N–H and O–H groups in total. The predicted molar refractivity (Wildman–Crippen MR) is 62.4 cm³/mol. The molecule has 2 heterocycles. The average Bonchev–Trinajstić information content (AvgIpc) is 2.77. The molecule has 84 valence electrons. The first-order valence-electron chi connectivity index (χ1n) is 5.03. The molecule has 0 unspecified atom stereocenters. The Morgan fingerprint density at radius 3 is 3.06 bits per heavy atom. The van der Waals surface area contributed by atoms with Crippen LogP contribution in [-0.4, -0.2) is 26.3 Å². The van der Waals surface area contributed by atoms with Crippen molar-refractivity contribution < 1.29 is 0 Å². The fourth-order valence-corrected chi connectivity index (χ4v) is 1.46. The van der Waals surface area contributed by atoms with Crippen LogP contribution in [0.5, 0.6) is 0 Å². The van der Waals surface area contributed by atoms with Crippen molar-refractivity contribution in [2.75, 3.05) is 11.9 Å². The standard InChI is InChI=1S/C10H12ClN5/c11-9-7-12-8-10(15-9)13-3-1-5-16-6-2-4-14-16/h2,4,6-8H,1,3,5H2,(H,13,15). The summed E-state index contributed by atoms with van der Waals surface area (Å²) in [6.45, 7) is 1.70. The molecule has 0 saturated heterocycles. The largest absolute Gasteiger partial charge is 0.369 e. The molecule has 0 aromatic carbocycles. The molecule has 0 saturated carbocycles. The van der Waals surface area contributed by atoms with E-state index in [1.54, 1.807) is 12.4 Å². The molecular formula is C10H12ClN5. The summed E-state index contributed by atoms with van der Waals surface area (Å²) in [6.07, 6.45) is 7.85. The third kappa shape index (κ3) is 3.20. The molecule has 6 heteroatoms. The van der Waals surface area contributed by atoms with Gasteiger partial charge in [0, 0.05) is 25.5 Å². The highest BCUT2D eigenvalue weighted by Crippen LogP contribution is 2.06. The zero-order valence-electron chi connectivity index (χ0n) is 8.67. The Morgan fingerprint density at radius 1 is 1.38 bits per heavy atom. The van der Waals surface area contributed by atoms with Crippen molar-refractivity contribution in [3.05, 3.63) is 36.0 Å². The molecule has 0 radical (unpaired) electrons. The maximum Gasteiger partial charge on any atom is 0.149 e. The van der Waals surface area contributed by atoms with Crippen molar-refractivity contribution in [1.29, 1.82) is 0 Å². The third-order valence-electron chi connectivity index (χ3n) is 2.03. The number of hydrogen-bond acceptors (Lipinski definition) is 4. The van der Waals surface area contributed by atoms with Crippen LogP contribution in [0.4, 0.5) is 5.82 Å². The van der Waals surface area contributed by atoms with E-state index in [0.29, 0.717) is 11.0 Å². The fraction of sp³-hybridized carbons (Fsp3) is 0.300. The van der Waals surface area contributed by atoms with Gasteiger partial charge in [0.15, 0.2) is 0 Å². The summed E-state index contributed by atoms with van der Waals surface area (Å²) in [5, 5.41) is 7.66. The molecule has 0 aliphatic heterocycles. The molecule has 0 bridgehead atoms. The van der Waals surface area contributed by atoms with Crippen LogP contribution >= 0.6 is 11.6 Å². The van der Waals surface area contributed by atoms with Crippen molar-refractivity contribution in [3.63, 3.8) is 0 Å². The maximum absolute atomic E-state index is 5.71. The van der Waals surface area contributed by atoms with Gasteiger partial charge in [-0.2, -0.15) is 5.10 Å². The third-order valence-corrected chi connectivity index (χ3v) is 2.22. The van der Waals surface area contributed by atoms with Crippen LogP contribution in [-0.2, 0) is 6.54 Å². The van der Waals surface area contributed by atoms with Gasteiger partial charge in [0.2, 0.25) is 0 Å². The minimum absolute atomic E-state index is 0.400. The fourth-order valence-electron chi connectivity index (χ4n) is 1.32. The lowest BCUT2D eigenvalue weighted by atomic mass is 10.4. The Balaban J connectivity index is 1.72. The van der Waals surface area contributed by atoms with Crippen molar-refractivity contribution in [2.45, 2.75) is 13.0 Å². The summed E-state index contributed by atoms with van der Waals surface area (Å²) in [5.41, 5.74) is 0. The Morgan fingerprint density at radius 2 is 2.31 bits per heavy atom. The molecule has 0 aliphatic rings. The highest BCUT2D eigenvalue weighted by molar-refractivity contribution is 6.29. The lowest BCUT2D eigenvalue weighted by Gasteiger charge is -2.05. The van der Waals surface area contributed by atoms with E-state index in [0.717, 1.165) is 19.5 Å². The molecule has 2 aromatic rings. The van der Waals surface area contributed by atoms with E-state index in [1.807, 2.05) is 16.9 Å². The van der Waals surface area contributed by atoms with Crippen molar-refractivity contribution in [3.8, 4) is 0 Å². The van der Waals surface area contributed by atoms with Crippen molar-refractivity contribution >= 4 is 17.4 Å². The smallest absolute Gasteiger partial charge is 0.149 e. The average molecular weight is 238 g/mol. The lowest BCUT2D eigenvalue weighted by molar-refractivity contribution is 0.591. The van der Waals surface area contributed by atoms with Gasteiger partial charge >= 0.3 is 0 Å². The summed E-state index contributed by atoms with van der Waals surface area (Å²) in [7, 11) is 0. The number of aryl methyl sites for hydroxylation is 1. The first kappa shape index (κ1) is 10.9. The Hall–Kier alpha value is -1.62. The number of nitrogens with one attached hydrogen (secondary N) is 1. The van der Waals surface area contributed by atoms with Gasteiger partial charge in [0.25, 0.3) is 0 Å². The van der Waals surface area contributed by atoms with Crippen molar-refractivity contribution in [1.82, 2.24) is 19.7 Å². The SMILES string of the molecule is Clc1cncc(NCCCn2cccn2)n1. The van der Waals surface area contributed by atoms with E-state index in [2.05, 4.69) is 20.4 Å². The van der Waals surface area contributed by atoms with E-state index in [4.69, 9.17) is 11.6 Å². The molecule has 0 aliphatic carbocycles. The molecular weight excluding hydrogens is 226 g/mol. The van der Waals surface area contributed by atoms with Gasteiger partial charge in [-0.3, -0.25) is 9.67 Å². The zero-order chi connectivity index (χ0) is 11.2. The van der Waals surface area contributed by atoms with Crippen LogP contribution in [0, 0.1) is 0 Å². The second-order valence-electron chi connectivity index (χ2n) is 3.28. The Labute approximate surface area is 98.5 Å². The Bertz CT molecular complexity index is 429.